The summed E-state index contributed by atoms with van der Waals surface area (Å²) in [7, 11) is 0. The van der Waals surface area contributed by atoms with E-state index in [2.05, 4.69) is 19.2 Å². The van der Waals surface area contributed by atoms with E-state index < -0.39 is 0 Å². The van der Waals surface area contributed by atoms with Gasteiger partial charge >= 0.3 is 0 Å². The minimum absolute atomic E-state index is 0.332. The molecule has 0 aromatic carbocycles. The number of nitrogens with one attached hydrogen (secondary N) is 1. The fourth-order valence-corrected chi connectivity index (χ4v) is 1.84. The minimum Gasteiger partial charge on any atom is -0.396 e. The van der Waals surface area contributed by atoms with Gasteiger partial charge in [-0.25, -0.2) is 0 Å². The molecule has 0 aliphatic heterocycles. The fraction of sp³-hybridized carbons (Fsp3) is 1.00. The second-order valence-corrected chi connectivity index (χ2v) is 4.87. The molecule has 0 amide bonds. The Morgan fingerprint density at radius 3 is 2.54 bits per heavy atom. The molecule has 0 atom stereocenters. The standard InChI is InChI=1S/C10H23NOS/c1-10(2)9-11-5-3-7-13-8-4-6-12/h10-12H,3-9H2,1-2H3. The number of hydrogen-bond acceptors (Lipinski definition) is 3. The Labute approximate surface area is 86.5 Å². The van der Waals surface area contributed by atoms with Crippen LogP contribution in [-0.4, -0.2) is 36.3 Å². The zero-order valence-corrected chi connectivity index (χ0v) is 9.70. The Hall–Kier alpha value is 0.270. The smallest absolute Gasteiger partial charge is 0.0438 e. The van der Waals surface area contributed by atoms with Crippen LogP contribution in [0.25, 0.3) is 0 Å². The van der Waals surface area contributed by atoms with Gasteiger partial charge in [0.15, 0.2) is 0 Å². The van der Waals surface area contributed by atoms with E-state index in [9.17, 15) is 0 Å². The van der Waals surface area contributed by atoms with Crippen LogP contribution >= 0.6 is 11.8 Å². The molecule has 0 aliphatic carbocycles. The van der Waals surface area contributed by atoms with Crippen LogP contribution in [0.5, 0.6) is 0 Å². The maximum absolute atomic E-state index is 8.54. The highest BCUT2D eigenvalue weighted by molar-refractivity contribution is 7.99. The summed E-state index contributed by atoms with van der Waals surface area (Å²) in [6.07, 6.45) is 2.17. The van der Waals surface area contributed by atoms with Crippen LogP contribution < -0.4 is 5.32 Å². The molecule has 0 radical (unpaired) electrons. The predicted molar refractivity (Wildman–Crippen MR) is 61.4 cm³/mol. The van der Waals surface area contributed by atoms with E-state index in [4.69, 9.17) is 5.11 Å². The molecule has 13 heavy (non-hydrogen) atoms. The second-order valence-electron chi connectivity index (χ2n) is 3.64. The summed E-state index contributed by atoms with van der Waals surface area (Å²) in [6, 6.07) is 0. The minimum atomic E-state index is 0.332. The Balaban J connectivity index is 2.84. The summed E-state index contributed by atoms with van der Waals surface area (Å²) in [5, 5.41) is 12.0. The molecular weight excluding hydrogens is 182 g/mol. The zero-order chi connectivity index (χ0) is 9.94. The van der Waals surface area contributed by atoms with Gasteiger partial charge in [0.25, 0.3) is 0 Å². The molecule has 0 fully saturated rings. The van der Waals surface area contributed by atoms with E-state index in [1.54, 1.807) is 0 Å². The molecule has 0 saturated heterocycles. The largest absolute Gasteiger partial charge is 0.396 e. The van der Waals surface area contributed by atoms with Crippen molar-refractivity contribution in [1.29, 1.82) is 0 Å². The summed E-state index contributed by atoms with van der Waals surface area (Å²) in [6.45, 7) is 7.04. The highest BCUT2D eigenvalue weighted by atomic mass is 32.2. The molecular formula is C10H23NOS. The topological polar surface area (TPSA) is 32.3 Å². The van der Waals surface area contributed by atoms with Gasteiger partial charge < -0.3 is 10.4 Å². The maximum atomic E-state index is 8.54. The van der Waals surface area contributed by atoms with E-state index in [-0.39, 0.29) is 0 Å². The van der Waals surface area contributed by atoms with Gasteiger partial charge in [-0.05, 0) is 43.4 Å². The molecule has 0 saturated carbocycles. The molecule has 3 heteroatoms. The van der Waals surface area contributed by atoms with Gasteiger partial charge in [0, 0.05) is 6.61 Å². The lowest BCUT2D eigenvalue weighted by molar-refractivity contribution is 0.296. The SMILES string of the molecule is CC(C)CNCCCSCCCO. The molecule has 0 heterocycles. The van der Waals surface area contributed by atoms with Crippen LogP contribution in [0.3, 0.4) is 0 Å². The number of aliphatic hydroxyl groups excluding tert-OH is 1. The summed E-state index contributed by atoms with van der Waals surface area (Å²) >= 11 is 1.94. The molecule has 0 unspecified atom stereocenters. The van der Waals surface area contributed by atoms with E-state index in [1.165, 1.54) is 12.2 Å². The van der Waals surface area contributed by atoms with Crippen molar-refractivity contribution >= 4 is 11.8 Å². The summed E-state index contributed by atoms with van der Waals surface area (Å²) in [5.74, 6) is 3.06. The number of thioether (sulfide) groups is 1. The van der Waals surface area contributed by atoms with E-state index in [1.807, 2.05) is 11.8 Å². The molecule has 2 nitrogen and oxygen atoms in total. The highest BCUT2D eigenvalue weighted by Crippen LogP contribution is 2.03. The third-order valence-corrected chi connectivity index (χ3v) is 2.80. The fourth-order valence-electron chi connectivity index (χ4n) is 0.959. The van der Waals surface area contributed by atoms with Gasteiger partial charge in [-0.2, -0.15) is 11.8 Å². The Morgan fingerprint density at radius 1 is 1.23 bits per heavy atom. The number of aliphatic hydroxyl groups is 1. The lowest BCUT2D eigenvalue weighted by Gasteiger charge is -2.06. The summed E-state index contributed by atoms with van der Waals surface area (Å²) in [5.41, 5.74) is 0. The molecule has 0 aromatic heterocycles. The number of rotatable bonds is 9. The lowest BCUT2D eigenvalue weighted by Crippen LogP contribution is -2.21. The van der Waals surface area contributed by atoms with Gasteiger partial charge in [0.1, 0.15) is 0 Å². The van der Waals surface area contributed by atoms with Crippen molar-refractivity contribution in [3.8, 4) is 0 Å². The van der Waals surface area contributed by atoms with Gasteiger partial charge in [0.05, 0.1) is 0 Å². The van der Waals surface area contributed by atoms with Crippen LogP contribution in [0.15, 0.2) is 0 Å². The molecule has 0 bridgehead atoms. The van der Waals surface area contributed by atoms with Gasteiger partial charge in [-0.1, -0.05) is 13.8 Å². The summed E-state index contributed by atoms with van der Waals surface area (Å²) in [4.78, 5) is 0. The monoisotopic (exact) mass is 205 g/mol. The van der Waals surface area contributed by atoms with Gasteiger partial charge in [0.2, 0.25) is 0 Å². The first-order valence-electron chi connectivity index (χ1n) is 5.16. The van der Waals surface area contributed by atoms with Crippen molar-refractivity contribution in [2.75, 3.05) is 31.2 Å². The lowest BCUT2D eigenvalue weighted by atomic mass is 10.2. The Kier molecular flexibility index (Phi) is 10.6. The number of hydrogen-bond donors (Lipinski definition) is 2. The zero-order valence-electron chi connectivity index (χ0n) is 8.88. The molecule has 80 valence electrons. The molecule has 0 aliphatic rings. The van der Waals surface area contributed by atoms with E-state index in [0.717, 1.165) is 31.2 Å². The first-order chi connectivity index (χ1) is 6.27. The Morgan fingerprint density at radius 2 is 1.92 bits per heavy atom. The van der Waals surface area contributed by atoms with Crippen molar-refractivity contribution in [3.63, 3.8) is 0 Å². The van der Waals surface area contributed by atoms with Crippen LogP contribution in [0.4, 0.5) is 0 Å². The molecule has 0 aromatic rings. The van der Waals surface area contributed by atoms with E-state index >= 15 is 0 Å². The second kappa shape index (κ2) is 10.4. The quantitative estimate of drug-likeness (QED) is 0.562. The van der Waals surface area contributed by atoms with Crippen molar-refractivity contribution < 1.29 is 5.11 Å². The molecule has 0 spiro atoms. The van der Waals surface area contributed by atoms with Crippen LogP contribution in [0, 0.1) is 5.92 Å². The molecule has 2 N–H and O–H groups in total. The maximum Gasteiger partial charge on any atom is 0.0438 e. The third-order valence-electron chi connectivity index (χ3n) is 1.64. The van der Waals surface area contributed by atoms with Crippen LogP contribution in [-0.2, 0) is 0 Å². The van der Waals surface area contributed by atoms with Crippen molar-refractivity contribution in [2.45, 2.75) is 26.7 Å². The highest BCUT2D eigenvalue weighted by Gasteiger charge is 1.93. The van der Waals surface area contributed by atoms with Gasteiger partial charge in [-0.3, -0.25) is 0 Å². The first kappa shape index (κ1) is 13.3. The van der Waals surface area contributed by atoms with E-state index in [0.29, 0.717) is 6.61 Å². The van der Waals surface area contributed by atoms with Gasteiger partial charge in [-0.15, -0.1) is 0 Å². The van der Waals surface area contributed by atoms with Crippen LogP contribution in [0.2, 0.25) is 0 Å². The van der Waals surface area contributed by atoms with Crippen molar-refractivity contribution in [2.24, 2.45) is 5.92 Å². The van der Waals surface area contributed by atoms with Crippen molar-refractivity contribution in [1.82, 2.24) is 5.32 Å². The van der Waals surface area contributed by atoms with Crippen molar-refractivity contribution in [3.05, 3.63) is 0 Å². The van der Waals surface area contributed by atoms with Crippen LogP contribution in [0.1, 0.15) is 26.7 Å². The predicted octanol–water partition coefficient (Wildman–Crippen LogP) is 1.74. The third kappa shape index (κ3) is 12.3. The first-order valence-corrected chi connectivity index (χ1v) is 6.32. The molecule has 0 rings (SSSR count). The average Bonchev–Trinajstić information content (AvgIpc) is 2.09. The summed E-state index contributed by atoms with van der Waals surface area (Å²) < 4.78 is 0. The Bertz CT molecular complexity index is 98.9. The normalized spacial score (nSPS) is 11.1. The average molecular weight is 205 g/mol.